The first kappa shape index (κ1) is 48.8. The number of amides is 4. The van der Waals surface area contributed by atoms with Crippen molar-refractivity contribution in [2.24, 2.45) is 11.8 Å². The highest BCUT2D eigenvalue weighted by atomic mass is 16.5. The van der Waals surface area contributed by atoms with Crippen LogP contribution in [-0.2, 0) is 38.2 Å². The maximum atomic E-state index is 12.8. The minimum Gasteiger partial charge on any atom is -0.481 e. The fourth-order valence-corrected chi connectivity index (χ4v) is 6.64. The second-order valence-electron chi connectivity index (χ2n) is 14.7. The summed E-state index contributed by atoms with van der Waals surface area (Å²) in [5.74, 6) is -2.63. The lowest BCUT2D eigenvalue weighted by molar-refractivity contribution is -0.143. The molecule has 14 nitrogen and oxygen atoms in total. The third-order valence-corrected chi connectivity index (χ3v) is 10.1. The van der Waals surface area contributed by atoms with E-state index < -0.39 is 18.0 Å². The van der Waals surface area contributed by atoms with E-state index in [0.717, 1.165) is 51.4 Å². The molecule has 1 unspecified atom stereocenters. The third-order valence-electron chi connectivity index (χ3n) is 10.1. The van der Waals surface area contributed by atoms with Crippen LogP contribution in [0.15, 0.2) is 0 Å². The van der Waals surface area contributed by atoms with Crippen LogP contribution in [0.3, 0.4) is 0 Å². The first-order chi connectivity index (χ1) is 26.1. The van der Waals surface area contributed by atoms with Crippen LogP contribution in [0.5, 0.6) is 0 Å². The second kappa shape index (κ2) is 33.1. The van der Waals surface area contributed by atoms with Gasteiger partial charge in [-0.3, -0.25) is 24.0 Å². The molecule has 6 N–H and O–H groups in total. The molecule has 312 valence electrons. The number of hydrogen-bond donors (Lipinski definition) is 6. The zero-order valence-electron chi connectivity index (χ0n) is 33.1. The Morgan fingerprint density at radius 2 is 1.09 bits per heavy atom. The predicted octanol–water partition coefficient (Wildman–Crippen LogP) is 5.26. The molecule has 4 amide bonds. The molecule has 0 spiro atoms. The molecule has 1 saturated carbocycles. The van der Waals surface area contributed by atoms with Crippen molar-refractivity contribution in [2.45, 2.75) is 160 Å². The molecule has 0 aliphatic heterocycles. The molecule has 1 aliphatic carbocycles. The number of likely N-dealkylation sites (N-methyl/N-ethyl adjacent to an activating group) is 1. The average molecular weight is 769 g/mol. The van der Waals surface area contributed by atoms with Gasteiger partial charge in [0.1, 0.15) is 12.6 Å². The Labute approximate surface area is 323 Å². The predicted molar refractivity (Wildman–Crippen MR) is 207 cm³/mol. The Kier molecular flexibility index (Phi) is 29.9. The molecule has 0 radical (unpaired) electrons. The molecular weight excluding hydrogens is 696 g/mol. The number of carboxylic acids is 2. The highest BCUT2D eigenvalue weighted by Gasteiger charge is 2.29. The Morgan fingerprint density at radius 3 is 1.61 bits per heavy atom. The monoisotopic (exact) mass is 769 g/mol. The topological polar surface area (TPSA) is 209 Å². The van der Waals surface area contributed by atoms with Crippen LogP contribution in [0.1, 0.15) is 154 Å². The summed E-state index contributed by atoms with van der Waals surface area (Å²) in [5, 5.41) is 29.0. The van der Waals surface area contributed by atoms with E-state index in [1.807, 2.05) is 0 Å². The maximum absolute atomic E-state index is 12.8. The first-order valence-corrected chi connectivity index (χ1v) is 20.8. The summed E-state index contributed by atoms with van der Waals surface area (Å²) in [5.41, 5.74) is 0. The van der Waals surface area contributed by atoms with Crippen molar-refractivity contribution in [1.29, 1.82) is 0 Å². The molecule has 14 heteroatoms. The van der Waals surface area contributed by atoms with Crippen molar-refractivity contribution in [2.75, 3.05) is 46.6 Å². The highest BCUT2D eigenvalue weighted by molar-refractivity contribution is 5.85. The van der Waals surface area contributed by atoms with Crippen LogP contribution in [0.2, 0.25) is 0 Å². The van der Waals surface area contributed by atoms with Gasteiger partial charge in [0, 0.05) is 45.3 Å². The number of ether oxygens (including phenoxy) is 2. The first-order valence-electron chi connectivity index (χ1n) is 20.8. The van der Waals surface area contributed by atoms with Crippen molar-refractivity contribution >= 4 is 35.6 Å². The molecule has 0 heterocycles. The Balaban J connectivity index is 2.01. The summed E-state index contributed by atoms with van der Waals surface area (Å²) >= 11 is 0. The third kappa shape index (κ3) is 28.2. The molecule has 1 rings (SSSR count). The largest absolute Gasteiger partial charge is 0.481 e. The number of rotatable bonds is 35. The van der Waals surface area contributed by atoms with Gasteiger partial charge in [0.15, 0.2) is 0 Å². The molecular formula is C40H72N4O10. The second-order valence-corrected chi connectivity index (χ2v) is 14.7. The highest BCUT2D eigenvalue weighted by Crippen LogP contribution is 2.29. The quantitative estimate of drug-likeness (QED) is 0.0461. The fraction of sp³-hybridized carbons (Fsp3) is 0.850. The van der Waals surface area contributed by atoms with Crippen LogP contribution in [-0.4, -0.2) is 98.4 Å². The zero-order valence-corrected chi connectivity index (χ0v) is 33.1. The van der Waals surface area contributed by atoms with Gasteiger partial charge in [-0.25, -0.2) is 4.79 Å². The molecule has 1 atom stereocenters. The van der Waals surface area contributed by atoms with Crippen molar-refractivity contribution < 1.29 is 48.5 Å². The van der Waals surface area contributed by atoms with Gasteiger partial charge in [0.25, 0.3) is 0 Å². The van der Waals surface area contributed by atoms with Crippen LogP contribution in [0.4, 0.5) is 0 Å². The van der Waals surface area contributed by atoms with E-state index in [1.165, 1.54) is 71.3 Å². The molecule has 0 aromatic heterocycles. The number of carbonyl (C=O) groups excluding carboxylic acids is 4. The molecule has 1 aliphatic rings. The average Bonchev–Trinajstić information content (AvgIpc) is 3.15. The minimum atomic E-state index is -1.18. The van der Waals surface area contributed by atoms with Crippen LogP contribution in [0.25, 0.3) is 0 Å². The van der Waals surface area contributed by atoms with E-state index in [9.17, 15) is 33.9 Å². The number of carboxylic acid groups (broad SMARTS) is 2. The molecule has 0 aromatic rings. The molecule has 0 saturated heterocycles. The molecule has 0 bridgehead atoms. The van der Waals surface area contributed by atoms with Crippen LogP contribution >= 0.6 is 0 Å². The van der Waals surface area contributed by atoms with Crippen molar-refractivity contribution in [3.8, 4) is 0 Å². The van der Waals surface area contributed by atoms with Gasteiger partial charge in [0.2, 0.25) is 23.6 Å². The zero-order chi connectivity index (χ0) is 39.7. The lowest BCUT2D eigenvalue weighted by atomic mass is 9.81. The summed E-state index contributed by atoms with van der Waals surface area (Å²) in [4.78, 5) is 70.7. The summed E-state index contributed by atoms with van der Waals surface area (Å²) in [6, 6.07) is -1.15. The molecule has 0 aromatic carbocycles. The number of unbranched alkanes of at least 4 members (excludes halogenated alkanes) is 15. The van der Waals surface area contributed by atoms with E-state index in [4.69, 9.17) is 14.6 Å². The van der Waals surface area contributed by atoms with Crippen molar-refractivity contribution in [3.63, 3.8) is 0 Å². The lowest BCUT2D eigenvalue weighted by Crippen LogP contribution is -2.45. The van der Waals surface area contributed by atoms with Gasteiger partial charge in [-0.05, 0) is 50.9 Å². The van der Waals surface area contributed by atoms with Gasteiger partial charge in [-0.15, -0.1) is 0 Å². The Bertz CT molecular complexity index is 1050. The van der Waals surface area contributed by atoms with Gasteiger partial charge in [0.05, 0.1) is 19.8 Å². The van der Waals surface area contributed by atoms with E-state index in [-0.39, 0.29) is 75.4 Å². The summed E-state index contributed by atoms with van der Waals surface area (Å²) in [7, 11) is 1.52. The normalized spacial score (nSPS) is 15.9. The number of nitrogens with one attached hydrogen (secondary N) is 4. The van der Waals surface area contributed by atoms with Gasteiger partial charge < -0.3 is 41.0 Å². The number of aliphatic carboxylic acids is 2. The van der Waals surface area contributed by atoms with Gasteiger partial charge in [-0.1, -0.05) is 89.9 Å². The van der Waals surface area contributed by atoms with Gasteiger partial charge in [-0.2, -0.15) is 0 Å². The van der Waals surface area contributed by atoms with Crippen LogP contribution in [0, 0.1) is 11.8 Å². The van der Waals surface area contributed by atoms with E-state index in [0.29, 0.717) is 38.1 Å². The van der Waals surface area contributed by atoms with E-state index in [2.05, 4.69) is 21.3 Å². The maximum Gasteiger partial charge on any atom is 0.326 e. The van der Waals surface area contributed by atoms with E-state index in [1.54, 1.807) is 0 Å². The lowest BCUT2D eigenvalue weighted by Gasteiger charge is -2.28. The SMILES string of the molecule is CNC(=O)COCCOCCNC(=O)CCC(NC(=O)[C@H]1CC[C@H](CNC(=O)CCCCCCCCCCCCCCCCCCC(=O)O)CC1)C(=O)O. The Hall–Kier alpha value is -3.26. The Morgan fingerprint density at radius 1 is 0.593 bits per heavy atom. The molecule has 54 heavy (non-hydrogen) atoms. The summed E-state index contributed by atoms with van der Waals surface area (Å²) < 4.78 is 10.4. The van der Waals surface area contributed by atoms with Crippen LogP contribution < -0.4 is 21.3 Å². The number of carbonyl (C=O) groups is 6. The minimum absolute atomic E-state index is 0.0220. The van der Waals surface area contributed by atoms with Gasteiger partial charge >= 0.3 is 11.9 Å². The molecule has 1 fully saturated rings. The smallest absolute Gasteiger partial charge is 0.326 e. The number of hydrogen-bond acceptors (Lipinski definition) is 8. The van der Waals surface area contributed by atoms with E-state index >= 15 is 0 Å². The standard InChI is InChI=1S/C40H72N4O10/c1-41-37(47)31-54-29-28-53-27-26-42-36(46)25-24-34(40(51)52)44-39(50)33-22-20-32(21-23-33)30-43-35(45)18-16-14-12-10-8-6-4-2-3-5-7-9-11-13-15-17-19-38(48)49/h32-34H,2-31H2,1H3,(H,41,47)(H,42,46)(H,43,45)(H,44,50)(H,48,49)(H,51,52)/t32-,33-,34?. The fourth-order valence-electron chi connectivity index (χ4n) is 6.64. The van der Waals surface area contributed by atoms with Crippen molar-refractivity contribution in [3.05, 3.63) is 0 Å². The summed E-state index contributed by atoms with van der Waals surface area (Å²) in [6.45, 7) is 1.55. The van der Waals surface area contributed by atoms with Crippen molar-refractivity contribution in [1.82, 2.24) is 21.3 Å². The summed E-state index contributed by atoms with van der Waals surface area (Å²) in [6.07, 6.45) is 22.5.